The Hall–Kier alpha value is -2.93. The third kappa shape index (κ3) is 4.14. The minimum absolute atomic E-state index is 0.0728. The molecule has 4 rings (SSSR count). The highest BCUT2D eigenvalue weighted by Crippen LogP contribution is 2.38. The largest absolute Gasteiger partial charge is 0.507 e. The number of nitrogens with two attached hydrogens (primary N) is 1. The Balaban J connectivity index is 1.62. The Bertz CT molecular complexity index is 1030. The molecule has 0 atom stereocenters. The number of nitrogens with zero attached hydrogens (tertiary/aromatic N) is 3. The predicted molar refractivity (Wildman–Crippen MR) is 125 cm³/mol. The van der Waals surface area contributed by atoms with E-state index in [0.717, 1.165) is 31.6 Å². The van der Waals surface area contributed by atoms with Crippen LogP contribution in [0.5, 0.6) is 5.75 Å². The minimum Gasteiger partial charge on any atom is -0.507 e. The summed E-state index contributed by atoms with van der Waals surface area (Å²) in [5.74, 6) is 1.07. The van der Waals surface area contributed by atoms with Crippen LogP contribution in [-0.2, 0) is 6.42 Å². The van der Waals surface area contributed by atoms with Gasteiger partial charge in [0.25, 0.3) is 0 Å². The molecule has 1 saturated heterocycles. The van der Waals surface area contributed by atoms with E-state index in [1.807, 2.05) is 12.1 Å². The highest BCUT2D eigenvalue weighted by atomic mass is 16.3. The zero-order chi connectivity index (χ0) is 22.4. The van der Waals surface area contributed by atoms with E-state index in [2.05, 4.69) is 48.1 Å². The Morgan fingerprint density at radius 2 is 1.90 bits per heavy atom. The summed E-state index contributed by atoms with van der Waals surface area (Å²) in [5, 5.41) is 30.8. The lowest BCUT2D eigenvalue weighted by atomic mass is 9.79. The quantitative estimate of drug-likeness (QED) is 0.564. The van der Waals surface area contributed by atoms with E-state index in [0.29, 0.717) is 28.4 Å². The van der Waals surface area contributed by atoms with Gasteiger partial charge in [-0.15, -0.1) is 10.2 Å². The number of allylic oxidation sites excluding steroid dienone is 1. The standard InChI is InChI=1S/C24H32N6O/c1-23(2)11-18(12-24(3,4)29-23)30-8-7-16-9-20(27-28-22(16)30)19-6-5-15(10-21(19)31)17(13-25)14-26/h5-6,9-10,13-14,18,25,29,31H,7-8,11-12,26H2,1-4H3/b17-14+,25-13?. The second-order valence-electron chi connectivity index (χ2n) is 9.97. The number of benzene rings is 1. The number of fused-ring (bicyclic) bond motifs is 1. The maximum Gasteiger partial charge on any atom is 0.154 e. The maximum atomic E-state index is 10.6. The van der Waals surface area contributed by atoms with Crippen LogP contribution in [0.1, 0.15) is 51.7 Å². The third-order valence-corrected chi connectivity index (χ3v) is 6.30. The summed E-state index contributed by atoms with van der Waals surface area (Å²) in [6.45, 7) is 10.0. The number of aromatic nitrogens is 2. The van der Waals surface area contributed by atoms with Crippen molar-refractivity contribution in [2.75, 3.05) is 11.4 Å². The van der Waals surface area contributed by atoms with E-state index in [4.69, 9.17) is 11.1 Å². The van der Waals surface area contributed by atoms with Gasteiger partial charge in [0.2, 0.25) is 0 Å². The van der Waals surface area contributed by atoms with Crippen molar-refractivity contribution in [3.05, 3.63) is 41.6 Å². The van der Waals surface area contributed by atoms with Crippen molar-refractivity contribution in [3.8, 4) is 17.0 Å². The van der Waals surface area contributed by atoms with Crippen molar-refractivity contribution in [2.24, 2.45) is 5.73 Å². The minimum atomic E-state index is 0.0728. The number of phenolic OH excluding ortho intramolecular Hbond substituents is 1. The van der Waals surface area contributed by atoms with Gasteiger partial charge in [-0.3, -0.25) is 0 Å². The van der Waals surface area contributed by atoms with Crippen LogP contribution in [0.3, 0.4) is 0 Å². The van der Waals surface area contributed by atoms with Crippen LogP contribution in [-0.4, -0.2) is 45.2 Å². The van der Waals surface area contributed by atoms with Gasteiger partial charge in [-0.25, -0.2) is 0 Å². The summed E-state index contributed by atoms with van der Waals surface area (Å²) in [7, 11) is 0. The average Bonchev–Trinajstić information content (AvgIpc) is 3.10. The van der Waals surface area contributed by atoms with Crippen LogP contribution in [0.4, 0.5) is 5.82 Å². The number of aromatic hydroxyl groups is 1. The highest BCUT2D eigenvalue weighted by molar-refractivity contribution is 6.08. The summed E-state index contributed by atoms with van der Waals surface area (Å²) >= 11 is 0. The lowest BCUT2D eigenvalue weighted by Gasteiger charge is -2.49. The lowest BCUT2D eigenvalue weighted by molar-refractivity contribution is 0.159. The van der Waals surface area contributed by atoms with Crippen LogP contribution in [0.2, 0.25) is 0 Å². The molecule has 2 aliphatic rings. The number of piperidine rings is 1. The van der Waals surface area contributed by atoms with Crippen LogP contribution >= 0.6 is 0 Å². The summed E-state index contributed by atoms with van der Waals surface area (Å²) in [6.07, 6.45) is 5.57. The van der Waals surface area contributed by atoms with Crippen LogP contribution < -0.4 is 16.0 Å². The van der Waals surface area contributed by atoms with Crippen molar-refractivity contribution in [1.82, 2.24) is 15.5 Å². The molecule has 31 heavy (non-hydrogen) atoms. The number of hydrogen-bond acceptors (Lipinski definition) is 7. The summed E-state index contributed by atoms with van der Waals surface area (Å²) in [4.78, 5) is 2.42. The fraction of sp³-hybridized carbons (Fsp3) is 0.458. The number of nitrogens with one attached hydrogen (secondary N) is 2. The molecular formula is C24H32N6O. The molecular weight excluding hydrogens is 388 g/mol. The normalized spacial score (nSPS) is 20.5. The SMILES string of the molecule is CC1(C)CC(N2CCc3cc(-c4ccc(/C(C=N)=C/N)cc4O)nnc32)CC(C)(C)N1. The van der Waals surface area contributed by atoms with Gasteiger partial charge in [-0.1, -0.05) is 6.07 Å². The van der Waals surface area contributed by atoms with E-state index in [1.54, 1.807) is 12.1 Å². The Morgan fingerprint density at radius 1 is 1.19 bits per heavy atom. The molecule has 0 aliphatic carbocycles. The van der Waals surface area contributed by atoms with Crippen molar-refractivity contribution < 1.29 is 5.11 Å². The molecule has 0 radical (unpaired) electrons. The summed E-state index contributed by atoms with van der Waals surface area (Å²) in [5.41, 5.74) is 9.40. The summed E-state index contributed by atoms with van der Waals surface area (Å²) in [6, 6.07) is 7.71. The first-order valence-electron chi connectivity index (χ1n) is 10.8. The van der Waals surface area contributed by atoms with E-state index >= 15 is 0 Å². The molecule has 0 bridgehead atoms. The zero-order valence-electron chi connectivity index (χ0n) is 18.7. The van der Waals surface area contributed by atoms with Gasteiger partial charge in [0.1, 0.15) is 5.75 Å². The molecule has 3 heterocycles. The third-order valence-electron chi connectivity index (χ3n) is 6.30. The first kappa shape index (κ1) is 21.3. The topological polar surface area (TPSA) is 111 Å². The van der Waals surface area contributed by atoms with Crippen molar-refractivity contribution in [1.29, 1.82) is 5.41 Å². The maximum absolute atomic E-state index is 10.6. The Labute approximate surface area is 183 Å². The van der Waals surface area contributed by atoms with Gasteiger partial charge in [0.15, 0.2) is 5.82 Å². The van der Waals surface area contributed by atoms with Gasteiger partial charge in [-0.2, -0.15) is 0 Å². The first-order valence-corrected chi connectivity index (χ1v) is 10.8. The Morgan fingerprint density at radius 3 is 2.52 bits per heavy atom. The summed E-state index contributed by atoms with van der Waals surface area (Å²) < 4.78 is 0. The molecule has 1 aromatic carbocycles. The smallest absolute Gasteiger partial charge is 0.154 e. The molecule has 2 aromatic rings. The molecule has 0 unspecified atom stereocenters. The van der Waals surface area contributed by atoms with Crippen molar-refractivity contribution in [3.63, 3.8) is 0 Å². The van der Waals surface area contributed by atoms with Gasteiger partial charge in [0, 0.05) is 52.8 Å². The second kappa shape index (κ2) is 7.64. The van der Waals surface area contributed by atoms with Crippen LogP contribution in [0.25, 0.3) is 16.8 Å². The molecule has 164 valence electrons. The number of hydrogen-bond donors (Lipinski definition) is 4. The monoisotopic (exact) mass is 420 g/mol. The number of anilines is 1. The van der Waals surface area contributed by atoms with Gasteiger partial charge in [-0.05, 0) is 70.7 Å². The highest BCUT2D eigenvalue weighted by Gasteiger charge is 2.41. The van der Waals surface area contributed by atoms with E-state index < -0.39 is 0 Å². The second-order valence-corrected chi connectivity index (χ2v) is 9.97. The fourth-order valence-corrected chi connectivity index (χ4v) is 5.33. The molecule has 5 N–H and O–H groups in total. The Kier molecular flexibility index (Phi) is 5.25. The molecule has 7 heteroatoms. The molecule has 1 fully saturated rings. The fourth-order valence-electron chi connectivity index (χ4n) is 5.33. The van der Waals surface area contributed by atoms with Crippen LogP contribution in [0, 0.1) is 5.41 Å². The molecule has 0 amide bonds. The van der Waals surface area contributed by atoms with Gasteiger partial charge in [0.05, 0.1) is 5.69 Å². The van der Waals surface area contributed by atoms with Gasteiger partial charge >= 0.3 is 0 Å². The van der Waals surface area contributed by atoms with E-state index in [-0.39, 0.29) is 16.8 Å². The molecule has 0 saturated carbocycles. The number of rotatable bonds is 4. The van der Waals surface area contributed by atoms with E-state index in [9.17, 15) is 5.11 Å². The van der Waals surface area contributed by atoms with Crippen LogP contribution in [0.15, 0.2) is 30.5 Å². The average molecular weight is 421 g/mol. The molecule has 7 nitrogen and oxygen atoms in total. The molecule has 1 aromatic heterocycles. The van der Waals surface area contributed by atoms with Crippen molar-refractivity contribution >= 4 is 17.6 Å². The van der Waals surface area contributed by atoms with Gasteiger partial charge < -0.3 is 26.5 Å². The van der Waals surface area contributed by atoms with E-state index in [1.165, 1.54) is 18.0 Å². The molecule has 2 aliphatic heterocycles. The lowest BCUT2D eigenvalue weighted by Crippen LogP contribution is -2.62. The number of phenols is 1. The van der Waals surface area contributed by atoms with Crippen molar-refractivity contribution in [2.45, 2.75) is 64.1 Å². The zero-order valence-corrected chi connectivity index (χ0v) is 18.7. The molecule has 0 spiro atoms. The predicted octanol–water partition coefficient (Wildman–Crippen LogP) is 3.47. The first-order chi connectivity index (χ1) is 14.6.